The molecule has 1 heterocycles. The van der Waals surface area contributed by atoms with Gasteiger partial charge >= 0.3 is 5.69 Å². The molecule has 1 aromatic carbocycles. The Hall–Kier alpha value is -1.60. The Balaban J connectivity index is 2.03. The van der Waals surface area contributed by atoms with Crippen LogP contribution >= 0.6 is 0 Å². The van der Waals surface area contributed by atoms with E-state index >= 15 is 0 Å². The molecule has 0 aliphatic rings. The Morgan fingerprint density at radius 3 is 2.79 bits per heavy atom. The molecular weight excluding hydrogens is 266 g/mol. The van der Waals surface area contributed by atoms with Gasteiger partial charge in [-0.15, -0.1) is 0 Å². The van der Waals surface area contributed by atoms with Gasteiger partial charge in [0.1, 0.15) is 0 Å². The molecule has 0 saturated heterocycles. The highest BCUT2D eigenvalue weighted by atomic mass is 32.2. The zero-order valence-electron chi connectivity index (χ0n) is 10.7. The predicted octanol–water partition coefficient (Wildman–Crippen LogP) is 0.659. The maximum atomic E-state index is 11.8. The first kappa shape index (κ1) is 13.8. The molecule has 0 spiro atoms. The van der Waals surface area contributed by atoms with Crippen LogP contribution in [0.5, 0.6) is 0 Å². The van der Waals surface area contributed by atoms with Gasteiger partial charge < -0.3 is 4.98 Å². The topological polar surface area (TPSA) is 84.0 Å². The van der Waals surface area contributed by atoms with Crippen LogP contribution in [-0.4, -0.2) is 30.3 Å². The summed E-state index contributed by atoms with van der Waals surface area (Å²) in [5.41, 5.74) is 1.46. The fourth-order valence-electron chi connectivity index (χ4n) is 1.90. The number of aromatic amines is 1. The van der Waals surface area contributed by atoms with Crippen LogP contribution in [0.15, 0.2) is 29.1 Å². The van der Waals surface area contributed by atoms with E-state index in [0.717, 1.165) is 11.0 Å². The molecule has 1 aromatic heterocycles. The molecule has 0 aliphatic carbocycles. The van der Waals surface area contributed by atoms with Crippen LogP contribution in [0.1, 0.15) is 13.3 Å². The third kappa shape index (κ3) is 3.24. The monoisotopic (exact) mass is 283 g/mol. The molecule has 19 heavy (non-hydrogen) atoms. The Labute approximate surface area is 111 Å². The number of nitrogens with one attached hydrogen (secondary N) is 2. The van der Waals surface area contributed by atoms with E-state index in [1.165, 1.54) is 0 Å². The number of aromatic nitrogens is 2. The van der Waals surface area contributed by atoms with E-state index in [-0.39, 0.29) is 11.4 Å². The van der Waals surface area contributed by atoms with Crippen LogP contribution in [0.25, 0.3) is 11.0 Å². The number of hydrogen-bond acceptors (Lipinski definition) is 3. The standard InChI is InChI=1S/C12H17N3O3S/c1-2-19(17,18)13-8-5-9-15-11-7-4-3-6-10(11)14-12(15)16/h3-4,6-7,13H,2,5,8-9H2,1H3,(H,14,16). The summed E-state index contributed by atoms with van der Waals surface area (Å²) >= 11 is 0. The number of benzene rings is 1. The first-order valence-electron chi connectivity index (χ1n) is 6.18. The largest absolute Gasteiger partial charge is 0.326 e. The number of imidazole rings is 1. The number of sulfonamides is 1. The summed E-state index contributed by atoms with van der Waals surface area (Å²) in [6, 6.07) is 7.43. The highest BCUT2D eigenvalue weighted by molar-refractivity contribution is 7.89. The number of fused-ring (bicyclic) bond motifs is 1. The van der Waals surface area contributed by atoms with Crippen LogP contribution in [0.2, 0.25) is 0 Å². The van der Waals surface area contributed by atoms with Crippen LogP contribution < -0.4 is 10.4 Å². The van der Waals surface area contributed by atoms with Gasteiger partial charge in [-0.2, -0.15) is 0 Å². The fourth-order valence-corrected chi connectivity index (χ4v) is 2.56. The summed E-state index contributed by atoms with van der Waals surface area (Å²) in [5.74, 6) is 0.0695. The lowest BCUT2D eigenvalue weighted by Crippen LogP contribution is -2.27. The first-order chi connectivity index (χ1) is 9.03. The van der Waals surface area contributed by atoms with Crippen LogP contribution in [-0.2, 0) is 16.6 Å². The number of para-hydroxylation sites is 2. The van der Waals surface area contributed by atoms with Gasteiger partial charge in [-0.05, 0) is 25.5 Å². The quantitative estimate of drug-likeness (QED) is 0.764. The molecule has 2 rings (SSSR count). The van der Waals surface area contributed by atoms with Crippen molar-refractivity contribution in [2.24, 2.45) is 0 Å². The van der Waals surface area contributed by atoms with Gasteiger partial charge in [0.2, 0.25) is 10.0 Å². The average Bonchev–Trinajstić information content (AvgIpc) is 2.71. The molecule has 0 radical (unpaired) electrons. The van der Waals surface area contributed by atoms with Crippen molar-refractivity contribution in [2.75, 3.05) is 12.3 Å². The van der Waals surface area contributed by atoms with Crippen LogP contribution in [0.4, 0.5) is 0 Å². The smallest absolute Gasteiger partial charge is 0.306 e. The molecule has 0 fully saturated rings. The van der Waals surface area contributed by atoms with Crippen molar-refractivity contribution >= 4 is 21.1 Å². The van der Waals surface area contributed by atoms with Crippen molar-refractivity contribution in [3.63, 3.8) is 0 Å². The lowest BCUT2D eigenvalue weighted by molar-refractivity contribution is 0.571. The number of aryl methyl sites for hydroxylation is 1. The second kappa shape index (κ2) is 5.58. The van der Waals surface area contributed by atoms with E-state index in [1.54, 1.807) is 11.5 Å². The van der Waals surface area contributed by atoms with Crippen molar-refractivity contribution in [3.05, 3.63) is 34.7 Å². The minimum Gasteiger partial charge on any atom is -0.306 e. The average molecular weight is 283 g/mol. The third-order valence-electron chi connectivity index (χ3n) is 2.94. The SMILES string of the molecule is CCS(=O)(=O)NCCCn1c(=O)[nH]c2ccccc21. The Morgan fingerprint density at radius 1 is 1.32 bits per heavy atom. The maximum absolute atomic E-state index is 11.8. The van der Waals surface area contributed by atoms with Gasteiger partial charge in [0.05, 0.1) is 16.8 Å². The van der Waals surface area contributed by atoms with E-state index in [9.17, 15) is 13.2 Å². The summed E-state index contributed by atoms with van der Waals surface area (Å²) in [5, 5.41) is 0. The number of H-pyrrole nitrogens is 1. The zero-order chi connectivity index (χ0) is 13.9. The van der Waals surface area contributed by atoms with Gasteiger partial charge in [0.25, 0.3) is 0 Å². The number of nitrogens with zero attached hydrogens (tertiary/aromatic N) is 1. The molecule has 0 amide bonds. The Bertz CT molecular complexity index is 715. The minimum absolute atomic E-state index is 0.0695. The van der Waals surface area contributed by atoms with Crippen molar-refractivity contribution in [3.8, 4) is 0 Å². The zero-order valence-corrected chi connectivity index (χ0v) is 11.5. The van der Waals surface area contributed by atoms with E-state index < -0.39 is 10.0 Å². The molecule has 7 heteroatoms. The summed E-state index contributed by atoms with van der Waals surface area (Å²) in [6.07, 6.45) is 0.570. The van der Waals surface area contributed by atoms with Gasteiger partial charge in [-0.1, -0.05) is 12.1 Å². The molecule has 2 N–H and O–H groups in total. The fraction of sp³-hybridized carbons (Fsp3) is 0.417. The third-order valence-corrected chi connectivity index (χ3v) is 4.35. The molecule has 6 nitrogen and oxygen atoms in total. The van der Waals surface area contributed by atoms with E-state index in [4.69, 9.17) is 0 Å². The summed E-state index contributed by atoms with van der Waals surface area (Å²) in [4.78, 5) is 14.5. The van der Waals surface area contributed by atoms with Crippen LogP contribution in [0.3, 0.4) is 0 Å². The second-order valence-corrected chi connectivity index (χ2v) is 6.35. The van der Waals surface area contributed by atoms with Gasteiger partial charge in [-0.3, -0.25) is 4.57 Å². The molecule has 0 saturated carbocycles. The lowest BCUT2D eigenvalue weighted by atomic mass is 10.3. The van der Waals surface area contributed by atoms with E-state index in [0.29, 0.717) is 19.5 Å². The molecule has 0 aliphatic heterocycles. The molecule has 0 unspecified atom stereocenters. The first-order valence-corrected chi connectivity index (χ1v) is 7.83. The van der Waals surface area contributed by atoms with E-state index in [2.05, 4.69) is 9.71 Å². The van der Waals surface area contributed by atoms with Crippen molar-refractivity contribution < 1.29 is 8.42 Å². The predicted molar refractivity (Wildman–Crippen MR) is 74.6 cm³/mol. The van der Waals surface area contributed by atoms with E-state index in [1.807, 2.05) is 24.3 Å². The second-order valence-electron chi connectivity index (χ2n) is 4.25. The van der Waals surface area contributed by atoms with Crippen molar-refractivity contribution in [1.29, 1.82) is 0 Å². The summed E-state index contributed by atoms with van der Waals surface area (Å²) < 4.78 is 26.6. The molecular formula is C12H17N3O3S. The molecule has 0 atom stereocenters. The lowest BCUT2D eigenvalue weighted by Gasteiger charge is -2.05. The molecule has 2 aromatic rings. The summed E-state index contributed by atoms with van der Waals surface area (Å²) in [7, 11) is -3.16. The van der Waals surface area contributed by atoms with Crippen LogP contribution in [0, 0.1) is 0 Å². The van der Waals surface area contributed by atoms with Gasteiger partial charge in [0, 0.05) is 13.1 Å². The number of hydrogen-bond donors (Lipinski definition) is 2. The minimum atomic E-state index is -3.16. The highest BCUT2D eigenvalue weighted by Gasteiger charge is 2.07. The summed E-state index contributed by atoms with van der Waals surface area (Å²) in [6.45, 7) is 2.41. The Morgan fingerprint density at radius 2 is 2.05 bits per heavy atom. The van der Waals surface area contributed by atoms with Gasteiger partial charge in [0.15, 0.2) is 0 Å². The van der Waals surface area contributed by atoms with Gasteiger partial charge in [-0.25, -0.2) is 17.9 Å². The Kier molecular flexibility index (Phi) is 4.06. The van der Waals surface area contributed by atoms with Crippen molar-refractivity contribution in [1.82, 2.24) is 14.3 Å². The molecule has 104 valence electrons. The maximum Gasteiger partial charge on any atom is 0.326 e. The normalized spacial score (nSPS) is 12.1. The number of rotatable bonds is 6. The molecule has 0 bridgehead atoms. The van der Waals surface area contributed by atoms with Crippen molar-refractivity contribution in [2.45, 2.75) is 19.9 Å². The highest BCUT2D eigenvalue weighted by Crippen LogP contribution is 2.08.